The number of halogens is 1. The third-order valence-corrected chi connectivity index (χ3v) is 5.68. The maximum absolute atomic E-state index is 6.39. The fourth-order valence-corrected chi connectivity index (χ4v) is 4.67. The van der Waals surface area contributed by atoms with Gasteiger partial charge in [-0.3, -0.25) is 4.68 Å². The first-order valence-electron chi connectivity index (χ1n) is 5.64. The lowest BCUT2D eigenvalue weighted by atomic mass is 10.2. The Kier molecular flexibility index (Phi) is 3.27. The molecule has 0 saturated heterocycles. The summed E-state index contributed by atoms with van der Waals surface area (Å²) in [7, 11) is 0. The van der Waals surface area contributed by atoms with E-state index in [0.29, 0.717) is 0 Å². The highest BCUT2D eigenvalue weighted by molar-refractivity contribution is 9.10. The second kappa shape index (κ2) is 4.77. The van der Waals surface area contributed by atoms with Crippen molar-refractivity contribution in [2.24, 2.45) is 5.73 Å². The van der Waals surface area contributed by atoms with Gasteiger partial charge in [0.2, 0.25) is 0 Å². The summed E-state index contributed by atoms with van der Waals surface area (Å²) in [5.74, 6) is 0. The Morgan fingerprint density at radius 1 is 1.50 bits per heavy atom. The van der Waals surface area contributed by atoms with Gasteiger partial charge in [0.1, 0.15) is 0 Å². The number of nitrogens with zero attached hydrogens (tertiary/aromatic N) is 2. The Morgan fingerprint density at radius 2 is 2.33 bits per heavy atom. The molecule has 1 unspecified atom stereocenters. The van der Waals surface area contributed by atoms with Crippen LogP contribution in [0.2, 0.25) is 0 Å². The van der Waals surface area contributed by atoms with E-state index in [4.69, 9.17) is 5.73 Å². The molecule has 1 atom stereocenters. The van der Waals surface area contributed by atoms with E-state index >= 15 is 0 Å². The van der Waals surface area contributed by atoms with Gasteiger partial charge >= 0.3 is 0 Å². The smallest absolute Gasteiger partial charge is 0.0829 e. The third kappa shape index (κ3) is 1.93. The van der Waals surface area contributed by atoms with Crippen molar-refractivity contribution < 1.29 is 0 Å². The summed E-state index contributed by atoms with van der Waals surface area (Å²) < 4.78 is 5.55. The van der Waals surface area contributed by atoms with E-state index in [1.165, 1.54) is 14.3 Å². The van der Waals surface area contributed by atoms with Gasteiger partial charge in [-0.1, -0.05) is 0 Å². The molecule has 0 aromatic carbocycles. The van der Waals surface area contributed by atoms with Crippen LogP contribution in [-0.2, 0) is 6.54 Å². The van der Waals surface area contributed by atoms with Crippen LogP contribution < -0.4 is 5.73 Å². The molecule has 0 radical (unpaired) electrons. The molecule has 94 valence electrons. The average Bonchev–Trinajstić information content (AvgIpc) is 3.00. The normalized spacial score (nSPS) is 13.3. The molecule has 3 rings (SSSR count). The highest BCUT2D eigenvalue weighted by Crippen LogP contribution is 2.36. The second-order valence-corrected chi connectivity index (χ2v) is 6.89. The van der Waals surface area contributed by atoms with Crippen LogP contribution in [0.1, 0.15) is 23.5 Å². The summed E-state index contributed by atoms with van der Waals surface area (Å²) in [6.07, 6.45) is 1.81. The van der Waals surface area contributed by atoms with Crippen molar-refractivity contribution in [1.82, 2.24) is 9.78 Å². The molecule has 6 heteroatoms. The van der Waals surface area contributed by atoms with Crippen LogP contribution in [0.15, 0.2) is 28.2 Å². The summed E-state index contributed by atoms with van der Waals surface area (Å²) in [6.45, 7) is 2.90. The number of aryl methyl sites for hydroxylation is 1. The Bertz CT molecular complexity index is 654. The lowest BCUT2D eigenvalue weighted by Crippen LogP contribution is -2.16. The van der Waals surface area contributed by atoms with Crippen molar-refractivity contribution >= 4 is 48.0 Å². The topological polar surface area (TPSA) is 43.8 Å². The lowest BCUT2D eigenvalue weighted by molar-refractivity contribution is 0.602. The standard InChI is InChI=1S/C12H12BrN3S2/c1-2-16-12(7(13)6-15-16)11(14)10-5-9-8(18-10)3-4-17-9/h3-6,11H,2,14H2,1H3. The summed E-state index contributed by atoms with van der Waals surface area (Å²) in [6, 6.07) is 4.22. The Morgan fingerprint density at radius 3 is 3.06 bits per heavy atom. The van der Waals surface area contributed by atoms with E-state index in [1.54, 1.807) is 22.7 Å². The molecule has 3 aromatic rings. The fourth-order valence-electron chi connectivity index (χ4n) is 2.01. The summed E-state index contributed by atoms with van der Waals surface area (Å²) in [5, 5.41) is 6.43. The highest BCUT2D eigenvalue weighted by atomic mass is 79.9. The highest BCUT2D eigenvalue weighted by Gasteiger charge is 2.19. The molecule has 3 nitrogen and oxygen atoms in total. The molecule has 0 aliphatic carbocycles. The molecular formula is C12H12BrN3S2. The van der Waals surface area contributed by atoms with E-state index in [1.807, 2.05) is 10.9 Å². The zero-order valence-electron chi connectivity index (χ0n) is 9.76. The third-order valence-electron chi connectivity index (χ3n) is 2.89. The van der Waals surface area contributed by atoms with Gasteiger partial charge in [0.05, 0.1) is 22.4 Å². The minimum absolute atomic E-state index is 0.119. The molecule has 0 bridgehead atoms. The molecular weight excluding hydrogens is 330 g/mol. The quantitative estimate of drug-likeness (QED) is 0.782. The summed E-state index contributed by atoms with van der Waals surface area (Å²) in [4.78, 5) is 1.19. The van der Waals surface area contributed by atoms with Crippen LogP contribution in [-0.4, -0.2) is 9.78 Å². The maximum atomic E-state index is 6.39. The monoisotopic (exact) mass is 341 g/mol. The number of fused-ring (bicyclic) bond motifs is 1. The number of hydrogen-bond donors (Lipinski definition) is 1. The number of hydrogen-bond acceptors (Lipinski definition) is 4. The predicted molar refractivity (Wildman–Crippen MR) is 81.3 cm³/mol. The van der Waals surface area contributed by atoms with Crippen molar-refractivity contribution in [2.45, 2.75) is 19.5 Å². The van der Waals surface area contributed by atoms with Crippen LogP contribution in [0, 0.1) is 0 Å². The first kappa shape index (κ1) is 12.3. The minimum Gasteiger partial charge on any atom is -0.318 e. The molecule has 2 N–H and O–H groups in total. The number of rotatable bonds is 3. The predicted octanol–water partition coefficient (Wildman–Crippen LogP) is 3.99. The van der Waals surface area contributed by atoms with E-state index < -0.39 is 0 Å². The Hall–Kier alpha value is -0.690. The molecule has 0 saturated carbocycles. The molecule has 0 fully saturated rings. The van der Waals surface area contributed by atoms with Gasteiger partial charge in [-0.15, -0.1) is 22.7 Å². The van der Waals surface area contributed by atoms with E-state index in [0.717, 1.165) is 16.7 Å². The Labute approximate surface area is 121 Å². The molecule has 0 aliphatic heterocycles. The zero-order chi connectivity index (χ0) is 12.7. The second-order valence-electron chi connectivity index (χ2n) is 3.97. The van der Waals surface area contributed by atoms with Crippen molar-refractivity contribution in [3.05, 3.63) is 38.8 Å². The van der Waals surface area contributed by atoms with Crippen LogP contribution in [0.3, 0.4) is 0 Å². The number of nitrogens with two attached hydrogens (primary N) is 1. The van der Waals surface area contributed by atoms with Gasteiger partial charge in [-0.25, -0.2) is 0 Å². The van der Waals surface area contributed by atoms with Gasteiger partial charge < -0.3 is 5.73 Å². The average molecular weight is 342 g/mol. The van der Waals surface area contributed by atoms with E-state index in [2.05, 4.69) is 45.5 Å². The van der Waals surface area contributed by atoms with Crippen LogP contribution in [0.25, 0.3) is 9.40 Å². The number of aromatic nitrogens is 2. The van der Waals surface area contributed by atoms with E-state index in [-0.39, 0.29) is 6.04 Å². The van der Waals surface area contributed by atoms with Gasteiger partial charge in [0.15, 0.2) is 0 Å². The Balaban J connectivity index is 2.05. The van der Waals surface area contributed by atoms with Crippen LogP contribution >= 0.6 is 38.6 Å². The molecule has 0 amide bonds. The van der Waals surface area contributed by atoms with Gasteiger partial charge in [0.25, 0.3) is 0 Å². The number of thiophene rings is 2. The van der Waals surface area contributed by atoms with Crippen LogP contribution in [0.4, 0.5) is 0 Å². The van der Waals surface area contributed by atoms with Crippen molar-refractivity contribution in [3.8, 4) is 0 Å². The molecule has 18 heavy (non-hydrogen) atoms. The summed E-state index contributed by atoms with van der Waals surface area (Å²) in [5.41, 5.74) is 7.43. The van der Waals surface area contributed by atoms with Gasteiger partial charge in [0, 0.05) is 20.8 Å². The van der Waals surface area contributed by atoms with Gasteiger partial charge in [-0.05, 0) is 40.4 Å². The fraction of sp³-hybridized carbons (Fsp3) is 0.250. The maximum Gasteiger partial charge on any atom is 0.0829 e. The van der Waals surface area contributed by atoms with Crippen LogP contribution in [0.5, 0.6) is 0 Å². The first-order chi connectivity index (χ1) is 8.70. The van der Waals surface area contributed by atoms with Crippen molar-refractivity contribution in [2.75, 3.05) is 0 Å². The van der Waals surface area contributed by atoms with Gasteiger partial charge in [-0.2, -0.15) is 5.10 Å². The lowest BCUT2D eigenvalue weighted by Gasteiger charge is -2.12. The molecule has 0 aliphatic rings. The summed E-state index contributed by atoms with van der Waals surface area (Å²) >= 11 is 7.05. The molecule has 3 heterocycles. The SMILES string of the molecule is CCn1ncc(Br)c1C(N)c1cc2sccc2s1. The first-order valence-corrected chi connectivity index (χ1v) is 8.13. The van der Waals surface area contributed by atoms with Crippen molar-refractivity contribution in [1.29, 1.82) is 0 Å². The largest absolute Gasteiger partial charge is 0.318 e. The molecule has 3 aromatic heterocycles. The van der Waals surface area contributed by atoms with Crippen molar-refractivity contribution in [3.63, 3.8) is 0 Å². The van der Waals surface area contributed by atoms with E-state index in [9.17, 15) is 0 Å². The molecule has 0 spiro atoms. The minimum atomic E-state index is -0.119. The zero-order valence-corrected chi connectivity index (χ0v) is 13.0.